The van der Waals surface area contributed by atoms with Crippen molar-refractivity contribution in [2.45, 2.75) is 80.7 Å². The van der Waals surface area contributed by atoms with Crippen LogP contribution in [0.25, 0.3) is 0 Å². The van der Waals surface area contributed by atoms with Crippen LogP contribution in [0.3, 0.4) is 0 Å². The Balaban J connectivity index is 4.64. The molecule has 0 saturated carbocycles. The monoisotopic (exact) mass is 279 g/mol. The van der Waals surface area contributed by atoms with Gasteiger partial charge in [-0.15, -0.1) is 0 Å². The Kier molecular flexibility index (Phi) is 7.80. The summed E-state index contributed by atoms with van der Waals surface area (Å²) in [6.07, 6.45) is 10.4. The molecule has 0 saturated heterocycles. The number of hydrogen-bond donors (Lipinski definition) is 1. The molecule has 2 atom stereocenters. The van der Waals surface area contributed by atoms with Gasteiger partial charge in [-0.05, 0) is 49.9 Å². The maximum atomic E-state index is 6.17. The predicted molar refractivity (Wildman–Crippen MR) is 92.8 cm³/mol. The number of nitrogens with two attached hydrogens (primary N) is 1. The average Bonchev–Trinajstić information content (AvgIpc) is 2.24. The van der Waals surface area contributed by atoms with E-state index in [0.717, 1.165) is 12.8 Å². The second-order valence-electron chi connectivity index (χ2n) is 8.32. The highest BCUT2D eigenvalue weighted by atomic mass is 14.6. The minimum absolute atomic E-state index is 0.207. The zero-order valence-corrected chi connectivity index (χ0v) is 15.1. The van der Waals surface area contributed by atoms with Gasteiger partial charge in [-0.3, -0.25) is 0 Å². The molecule has 0 aromatic carbocycles. The third-order valence-corrected chi connectivity index (χ3v) is 3.89. The Bertz CT molecular complexity index is 321. The third-order valence-electron chi connectivity index (χ3n) is 3.89. The molecule has 0 aliphatic carbocycles. The van der Waals surface area contributed by atoms with Gasteiger partial charge in [0.15, 0.2) is 0 Å². The fourth-order valence-electron chi connectivity index (χ4n) is 2.33. The molecule has 1 heteroatoms. The lowest BCUT2D eigenvalue weighted by molar-refractivity contribution is 0.380. The smallest absolute Gasteiger partial charge is 0.00764 e. The summed E-state index contributed by atoms with van der Waals surface area (Å²) in [5, 5.41) is 0. The number of allylic oxidation sites excluding steroid dienone is 3. The number of hydrogen-bond acceptors (Lipinski definition) is 1. The molecule has 2 unspecified atom stereocenters. The minimum atomic E-state index is 0.207. The van der Waals surface area contributed by atoms with Crippen molar-refractivity contribution < 1.29 is 0 Å². The molecule has 0 bridgehead atoms. The van der Waals surface area contributed by atoms with Crippen LogP contribution in [0.5, 0.6) is 0 Å². The van der Waals surface area contributed by atoms with Crippen LogP contribution in [0.15, 0.2) is 23.8 Å². The molecule has 20 heavy (non-hydrogen) atoms. The number of rotatable bonds is 6. The van der Waals surface area contributed by atoms with Crippen LogP contribution < -0.4 is 5.73 Å². The van der Waals surface area contributed by atoms with Crippen molar-refractivity contribution in [2.24, 2.45) is 22.5 Å². The predicted octanol–water partition coefficient (Wildman–Crippen LogP) is 5.71. The molecule has 1 nitrogen and oxygen atoms in total. The van der Waals surface area contributed by atoms with Crippen LogP contribution in [0.1, 0.15) is 74.7 Å². The Morgan fingerprint density at radius 2 is 1.65 bits per heavy atom. The van der Waals surface area contributed by atoms with Crippen LogP contribution in [0.4, 0.5) is 0 Å². The fraction of sp³-hybridized carbons (Fsp3) is 0.789. The summed E-state index contributed by atoms with van der Waals surface area (Å²) in [6, 6.07) is 0.207. The van der Waals surface area contributed by atoms with Gasteiger partial charge in [-0.2, -0.15) is 0 Å². The largest absolute Gasteiger partial charge is 0.327 e. The summed E-state index contributed by atoms with van der Waals surface area (Å²) in [6.45, 7) is 18.0. The zero-order valence-electron chi connectivity index (χ0n) is 15.1. The summed E-state index contributed by atoms with van der Waals surface area (Å²) in [5.41, 5.74) is 8.32. The molecule has 0 aromatic heterocycles. The van der Waals surface area contributed by atoms with E-state index in [2.05, 4.69) is 73.6 Å². The van der Waals surface area contributed by atoms with Crippen LogP contribution in [-0.4, -0.2) is 6.04 Å². The molecule has 0 heterocycles. The lowest BCUT2D eigenvalue weighted by Gasteiger charge is -2.27. The van der Waals surface area contributed by atoms with Gasteiger partial charge < -0.3 is 5.73 Å². The van der Waals surface area contributed by atoms with Gasteiger partial charge in [0, 0.05) is 6.04 Å². The first-order valence-corrected chi connectivity index (χ1v) is 8.05. The van der Waals surface area contributed by atoms with Gasteiger partial charge in [0.2, 0.25) is 0 Å². The topological polar surface area (TPSA) is 26.0 Å². The van der Waals surface area contributed by atoms with Crippen molar-refractivity contribution in [3.8, 4) is 0 Å². The van der Waals surface area contributed by atoms with Gasteiger partial charge in [-0.25, -0.2) is 0 Å². The van der Waals surface area contributed by atoms with Crippen LogP contribution in [-0.2, 0) is 0 Å². The highest BCUT2D eigenvalue weighted by Crippen LogP contribution is 2.32. The molecular formula is C19H37N. The van der Waals surface area contributed by atoms with Crippen LogP contribution in [0.2, 0.25) is 0 Å². The standard InChI is InChI=1S/C19H37N/c1-9-17(19(6,7)8)14-16(15(2)20)12-10-11-13-18(3,4)5/h9-10,12,15-16H,11,13-14,20H2,1-8H3/b12-10+,17-9+. The van der Waals surface area contributed by atoms with Gasteiger partial charge in [0.05, 0.1) is 0 Å². The molecule has 0 aromatic rings. The maximum absolute atomic E-state index is 6.17. The Hall–Kier alpha value is -0.560. The summed E-state index contributed by atoms with van der Waals surface area (Å²) in [7, 11) is 0. The third kappa shape index (κ3) is 8.58. The van der Waals surface area contributed by atoms with Crippen molar-refractivity contribution in [3.63, 3.8) is 0 Å². The first kappa shape index (κ1) is 19.4. The lowest BCUT2D eigenvalue weighted by atomic mass is 9.79. The summed E-state index contributed by atoms with van der Waals surface area (Å²) in [5.74, 6) is 0.445. The van der Waals surface area contributed by atoms with E-state index in [-0.39, 0.29) is 11.5 Å². The normalized spacial score (nSPS) is 17.6. The first-order valence-electron chi connectivity index (χ1n) is 8.05. The molecule has 0 amide bonds. The van der Waals surface area contributed by atoms with E-state index in [1.54, 1.807) is 0 Å². The quantitative estimate of drug-likeness (QED) is 0.619. The fourth-order valence-corrected chi connectivity index (χ4v) is 2.33. The molecule has 0 fully saturated rings. The van der Waals surface area contributed by atoms with Crippen LogP contribution >= 0.6 is 0 Å². The van der Waals surface area contributed by atoms with Gasteiger partial charge in [0.1, 0.15) is 0 Å². The summed E-state index contributed by atoms with van der Waals surface area (Å²) in [4.78, 5) is 0. The zero-order chi connectivity index (χ0) is 16.0. The minimum Gasteiger partial charge on any atom is -0.327 e. The lowest BCUT2D eigenvalue weighted by Crippen LogP contribution is -2.27. The highest BCUT2D eigenvalue weighted by Gasteiger charge is 2.21. The first-order chi connectivity index (χ1) is 8.97. The summed E-state index contributed by atoms with van der Waals surface area (Å²) >= 11 is 0. The Morgan fingerprint density at radius 1 is 1.10 bits per heavy atom. The van der Waals surface area contributed by atoms with Crippen molar-refractivity contribution in [2.75, 3.05) is 0 Å². The van der Waals surface area contributed by atoms with Gasteiger partial charge in [-0.1, -0.05) is 65.3 Å². The highest BCUT2D eigenvalue weighted by molar-refractivity contribution is 5.13. The molecule has 2 N–H and O–H groups in total. The van der Waals surface area contributed by atoms with E-state index in [0.29, 0.717) is 11.3 Å². The maximum Gasteiger partial charge on any atom is 0.00764 e. The van der Waals surface area contributed by atoms with Crippen molar-refractivity contribution in [3.05, 3.63) is 23.8 Å². The second kappa shape index (κ2) is 8.02. The second-order valence-corrected chi connectivity index (χ2v) is 8.32. The molecule has 0 radical (unpaired) electrons. The molecular weight excluding hydrogens is 242 g/mol. The van der Waals surface area contributed by atoms with Crippen LogP contribution in [0, 0.1) is 16.7 Å². The van der Waals surface area contributed by atoms with Crippen molar-refractivity contribution >= 4 is 0 Å². The van der Waals surface area contributed by atoms with Gasteiger partial charge in [0.25, 0.3) is 0 Å². The van der Waals surface area contributed by atoms with E-state index in [1.165, 1.54) is 12.0 Å². The van der Waals surface area contributed by atoms with Gasteiger partial charge >= 0.3 is 0 Å². The Labute approximate surface area is 127 Å². The molecule has 0 aliphatic heterocycles. The van der Waals surface area contributed by atoms with E-state index in [1.807, 2.05) is 0 Å². The van der Waals surface area contributed by atoms with E-state index in [9.17, 15) is 0 Å². The molecule has 118 valence electrons. The molecule has 0 aliphatic rings. The SMILES string of the molecule is C/C=C(\CC(/C=C/CCC(C)(C)C)C(C)N)C(C)(C)C. The average molecular weight is 280 g/mol. The van der Waals surface area contributed by atoms with Crippen molar-refractivity contribution in [1.82, 2.24) is 0 Å². The molecule has 0 spiro atoms. The molecule has 0 rings (SSSR count). The Morgan fingerprint density at radius 3 is 2.00 bits per heavy atom. The van der Waals surface area contributed by atoms with Crippen molar-refractivity contribution in [1.29, 1.82) is 0 Å². The van der Waals surface area contributed by atoms with E-state index in [4.69, 9.17) is 5.73 Å². The van der Waals surface area contributed by atoms with E-state index >= 15 is 0 Å². The van der Waals surface area contributed by atoms with E-state index < -0.39 is 0 Å². The summed E-state index contributed by atoms with van der Waals surface area (Å²) < 4.78 is 0.